The van der Waals surface area contributed by atoms with Crippen LogP contribution in [-0.2, 0) is 9.59 Å². The van der Waals surface area contributed by atoms with Crippen molar-refractivity contribution in [2.75, 3.05) is 31.1 Å². The van der Waals surface area contributed by atoms with Crippen molar-refractivity contribution < 1.29 is 9.59 Å². The molecule has 4 rings (SSSR count). The number of amides is 2. The van der Waals surface area contributed by atoms with Crippen molar-refractivity contribution in [3.05, 3.63) is 48.2 Å². The Labute approximate surface area is 177 Å². The van der Waals surface area contributed by atoms with E-state index in [2.05, 4.69) is 27.6 Å². The molecule has 0 saturated carbocycles. The van der Waals surface area contributed by atoms with Crippen molar-refractivity contribution in [3.8, 4) is 0 Å². The zero-order valence-corrected chi connectivity index (χ0v) is 17.8. The molecule has 2 amide bonds. The third-order valence-corrected chi connectivity index (χ3v) is 5.85. The lowest BCUT2D eigenvalue weighted by molar-refractivity contribution is -0.144. The lowest BCUT2D eigenvalue weighted by Gasteiger charge is -2.42. The molecular weight excluding hydrogens is 378 g/mol. The summed E-state index contributed by atoms with van der Waals surface area (Å²) < 4.78 is 0. The summed E-state index contributed by atoms with van der Waals surface area (Å²) in [5.74, 6) is 1.05. The number of likely N-dealkylation sites (tertiary alicyclic amines) is 1. The number of carbonyl (C=O) groups is 2. The maximum Gasteiger partial charge on any atom is 0.237 e. The van der Waals surface area contributed by atoms with Gasteiger partial charge in [0.25, 0.3) is 0 Å². The van der Waals surface area contributed by atoms with E-state index in [0.29, 0.717) is 18.3 Å². The van der Waals surface area contributed by atoms with Gasteiger partial charge in [-0.2, -0.15) is 5.10 Å². The van der Waals surface area contributed by atoms with Gasteiger partial charge in [0, 0.05) is 37.2 Å². The summed E-state index contributed by atoms with van der Waals surface area (Å²) in [4.78, 5) is 29.2. The molecule has 7 nitrogen and oxygen atoms in total. The van der Waals surface area contributed by atoms with E-state index >= 15 is 0 Å². The molecule has 0 aliphatic carbocycles. The van der Waals surface area contributed by atoms with Crippen LogP contribution < -0.4 is 10.2 Å². The first-order valence-electron chi connectivity index (χ1n) is 10.6. The summed E-state index contributed by atoms with van der Waals surface area (Å²) in [6, 6.07) is 11.7. The molecule has 1 aromatic heterocycles. The van der Waals surface area contributed by atoms with E-state index in [1.165, 1.54) is 5.56 Å². The monoisotopic (exact) mass is 407 g/mol. The Kier molecular flexibility index (Phi) is 5.56. The van der Waals surface area contributed by atoms with Crippen LogP contribution in [0.3, 0.4) is 0 Å². The van der Waals surface area contributed by atoms with Gasteiger partial charge >= 0.3 is 0 Å². The van der Waals surface area contributed by atoms with Crippen molar-refractivity contribution in [2.45, 2.75) is 33.1 Å². The third kappa shape index (κ3) is 4.07. The van der Waals surface area contributed by atoms with Gasteiger partial charge in [-0.05, 0) is 42.8 Å². The number of hydrogen-bond acceptors (Lipinski definition) is 5. The molecule has 2 aromatic rings. The maximum absolute atomic E-state index is 13.2. The molecule has 1 aromatic carbocycles. The summed E-state index contributed by atoms with van der Waals surface area (Å²) in [6.45, 7) is 8.90. The number of nitrogens with zero attached hydrogens (tertiary/aromatic N) is 4. The average molecular weight is 408 g/mol. The van der Waals surface area contributed by atoms with Crippen LogP contribution in [-0.4, -0.2) is 53.1 Å². The van der Waals surface area contributed by atoms with Gasteiger partial charge in [-0.1, -0.05) is 32.9 Å². The first-order chi connectivity index (χ1) is 14.3. The number of nitrogens with one attached hydrogen (secondary N) is 1. The van der Waals surface area contributed by atoms with Crippen molar-refractivity contribution in [2.24, 2.45) is 11.3 Å². The largest absolute Gasteiger partial charge is 0.341 e. The van der Waals surface area contributed by atoms with E-state index in [0.717, 1.165) is 31.7 Å². The minimum Gasteiger partial charge on any atom is -0.341 e. The Morgan fingerprint density at radius 1 is 1.13 bits per heavy atom. The number of rotatable bonds is 4. The van der Waals surface area contributed by atoms with E-state index in [1.54, 1.807) is 17.2 Å². The lowest BCUT2D eigenvalue weighted by atomic mass is 9.87. The Balaban J connectivity index is 1.51. The predicted molar refractivity (Wildman–Crippen MR) is 115 cm³/mol. The zero-order valence-electron chi connectivity index (χ0n) is 17.8. The molecule has 2 saturated heterocycles. The van der Waals surface area contributed by atoms with Crippen molar-refractivity contribution in [3.63, 3.8) is 0 Å². The molecule has 0 bridgehead atoms. The lowest BCUT2D eigenvalue weighted by Crippen LogP contribution is -2.52. The normalized spacial score (nSPS) is 19.4. The summed E-state index contributed by atoms with van der Waals surface area (Å²) in [5, 5.41) is 11.4. The Morgan fingerprint density at radius 3 is 2.43 bits per heavy atom. The molecule has 1 atom stereocenters. The van der Waals surface area contributed by atoms with Crippen LogP contribution >= 0.6 is 0 Å². The van der Waals surface area contributed by atoms with Crippen LogP contribution in [0.2, 0.25) is 0 Å². The first-order valence-corrected chi connectivity index (χ1v) is 10.6. The van der Waals surface area contributed by atoms with Crippen molar-refractivity contribution >= 4 is 23.3 Å². The Morgan fingerprint density at radius 2 is 1.87 bits per heavy atom. The van der Waals surface area contributed by atoms with Crippen LogP contribution in [0.1, 0.15) is 38.7 Å². The molecule has 2 aliphatic rings. The topological polar surface area (TPSA) is 78.4 Å². The quantitative estimate of drug-likeness (QED) is 0.843. The number of benzene rings is 1. The highest BCUT2D eigenvalue weighted by molar-refractivity contribution is 6.01. The van der Waals surface area contributed by atoms with Gasteiger partial charge < -0.3 is 10.2 Å². The maximum atomic E-state index is 13.2. The van der Waals surface area contributed by atoms with Crippen LogP contribution in [0.25, 0.3) is 0 Å². The van der Waals surface area contributed by atoms with Crippen molar-refractivity contribution in [1.29, 1.82) is 0 Å². The molecule has 2 aliphatic heterocycles. The average Bonchev–Trinajstić information content (AvgIpc) is 3.23. The SMILES string of the molecule is CC(C)(C)C(=O)N1CC(c2ccc(N(C(=O)[C@H]3CCNC3)c3cccnn3)cc2)C1. The van der Waals surface area contributed by atoms with Gasteiger partial charge in [-0.3, -0.25) is 14.5 Å². The van der Waals surface area contributed by atoms with Crippen LogP contribution in [0.5, 0.6) is 0 Å². The molecule has 0 spiro atoms. The van der Waals surface area contributed by atoms with Crippen molar-refractivity contribution in [1.82, 2.24) is 20.4 Å². The second-order valence-corrected chi connectivity index (χ2v) is 9.19. The molecule has 30 heavy (non-hydrogen) atoms. The molecule has 0 unspecified atom stereocenters. The first kappa shape index (κ1) is 20.5. The minimum absolute atomic E-state index is 0.0406. The second kappa shape index (κ2) is 8.14. The number of hydrogen-bond donors (Lipinski definition) is 1. The highest BCUT2D eigenvalue weighted by Crippen LogP contribution is 2.33. The fourth-order valence-corrected chi connectivity index (χ4v) is 4.06. The van der Waals surface area contributed by atoms with E-state index < -0.39 is 0 Å². The van der Waals surface area contributed by atoms with Gasteiger partial charge in [0.05, 0.1) is 11.6 Å². The predicted octanol–water partition coefficient (Wildman–Crippen LogP) is 2.72. The number of anilines is 2. The molecule has 0 radical (unpaired) electrons. The molecule has 2 fully saturated rings. The standard InChI is InChI=1S/C23H29N5O2/c1-23(2,3)22(30)27-14-18(15-27)16-6-8-19(9-7-16)28(20-5-4-11-25-26-20)21(29)17-10-12-24-13-17/h4-9,11,17-18,24H,10,12-15H2,1-3H3/t17-/m0/s1. The second-order valence-electron chi connectivity index (χ2n) is 9.19. The van der Waals surface area contributed by atoms with Gasteiger partial charge in [0.15, 0.2) is 5.82 Å². The van der Waals surface area contributed by atoms with Crippen LogP contribution in [0.15, 0.2) is 42.6 Å². The van der Waals surface area contributed by atoms with Crippen LogP contribution in [0, 0.1) is 11.3 Å². The van der Waals surface area contributed by atoms with Gasteiger partial charge in [-0.25, -0.2) is 0 Å². The highest BCUT2D eigenvalue weighted by Gasteiger charge is 2.37. The smallest absolute Gasteiger partial charge is 0.237 e. The van der Waals surface area contributed by atoms with E-state index in [4.69, 9.17) is 0 Å². The van der Waals surface area contributed by atoms with Gasteiger partial charge in [0.1, 0.15) is 0 Å². The fourth-order valence-electron chi connectivity index (χ4n) is 4.06. The Bertz CT molecular complexity index is 895. The summed E-state index contributed by atoms with van der Waals surface area (Å²) in [6.07, 6.45) is 2.43. The van der Waals surface area contributed by atoms with Gasteiger partial charge in [0.2, 0.25) is 11.8 Å². The fraction of sp³-hybridized carbons (Fsp3) is 0.478. The highest BCUT2D eigenvalue weighted by atomic mass is 16.2. The van der Waals surface area contributed by atoms with Gasteiger partial charge in [-0.15, -0.1) is 5.10 Å². The van der Waals surface area contributed by atoms with E-state index in [9.17, 15) is 9.59 Å². The number of aromatic nitrogens is 2. The summed E-state index contributed by atoms with van der Waals surface area (Å²) >= 11 is 0. The molecule has 7 heteroatoms. The summed E-state index contributed by atoms with van der Waals surface area (Å²) in [7, 11) is 0. The third-order valence-electron chi connectivity index (χ3n) is 5.85. The van der Waals surface area contributed by atoms with E-state index in [1.807, 2.05) is 43.9 Å². The minimum atomic E-state index is -0.346. The molecule has 3 heterocycles. The molecule has 1 N–H and O–H groups in total. The Hall–Kier alpha value is -2.80. The molecule has 158 valence electrons. The van der Waals surface area contributed by atoms with E-state index in [-0.39, 0.29) is 23.1 Å². The zero-order chi connectivity index (χ0) is 21.3. The summed E-state index contributed by atoms with van der Waals surface area (Å²) in [5.41, 5.74) is 1.63. The number of carbonyl (C=O) groups excluding carboxylic acids is 2. The van der Waals surface area contributed by atoms with Crippen LogP contribution in [0.4, 0.5) is 11.5 Å². The molecular formula is C23H29N5O2.